The lowest BCUT2D eigenvalue weighted by molar-refractivity contribution is -0.153. The van der Waals surface area contributed by atoms with Gasteiger partial charge in [-0.3, -0.25) is 4.79 Å². The fourth-order valence-electron chi connectivity index (χ4n) is 2.10. The zero-order valence-corrected chi connectivity index (χ0v) is 14.8. The quantitative estimate of drug-likeness (QED) is 0.739. The predicted molar refractivity (Wildman–Crippen MR) is 86.3 cm³/mol. The number of esters is 2. The molecule has 0 amide bonds. The largest absolute Gasteiger partial charge is 0.465 e. The highest BCUT2D eigenvalue weighted by Crippen LogP contribution is 2.28. The molecular formula is C18H30O4. The minimum absolute atomic E-state index is 0.0824. The van der Waals surface area contributed by atoms with E-state index in [1.807, 2.05) is 47.6 Å². The lowest BCUT2D eigenvalue weighted by Gasteiger charge is -2.25. The van der Waals surface area contributed by atoms with Crippen molar-refractivity contribution in [2.75, 3.05) is 13.2 Å². The average Bonchev–Trinajstić information content (AvgIpc) is 2.40. The van der Waals surface area contributed by atoms with Gasteiger partial charge in [0.25, 0.3) is 0 Å². The molecule has 0 aliphatic heterocycles. The zero-order valence-electron chi connectivity index (χ0n) is 14.8. The molecular weight excluding hydrogens is 280 g/mol. The van der Waals surface area contributed by atoms with Gasteiger partial charge < -0.3 is 9.47 Å². The standard InChI is InChI=1S/C18H30O4/c1-17(2,3)11-21-15(19)13-9-7-8-10-14(13)16(20)22-12-18(4,5)6/h9,14H,7-8,10-12H2,1-6H3. The molecule has 4 heteroatoms. The molecule has 0 heterocycles. The molecule has 1 aliphatic carbocycles. The molecule has 4 nitrogen and oxygen atoms in total. The van der Waals surface area contributed by atoms with Crippen LogP contribution >= 0.6 is 0 Å². The van der Waals surface area contributed by atoms with E-state index in [-0.39, 0.29) is 22.8 Å². The summed E-state index contributed by atoms with van der Waals surface area (Å²) in [7, 11) is 0. The van der Waals surface area contributed by atoms with Gasteiger partial charge in [-0.15, -0.1) is 0 Å². The Bertz CT molecular complexity index is 435. The Morgan fingerprint density at radius 2 is 1.59 bits per heavy atom. The Balaban J connectivity index is 2.69. The molecule has 0 N–H and O–H groups in total. The Labute approximate surface area is 134 Å². The Morgan fingerprint density at radius 1 is 1.05 bits per heavy atom. The van der Waals surface area contributed by atoms with Crippen LogP contribution in [0.15, 0.2) is 11.6 Å². The van der Waals surface area contributed by atoms with Crippen molar-refractivity contribution in [2.24, 2.45) is 16.7 Å². The first-order chi connectivity index (χ1) is 9.99. The summed E-state index contributed by atoms with van der Waals surface area (Å²) in [5, 5.41) is 0. The second kappa shape index (κ2) is 7.30. The molecule has 22 heavy (non-hydrogen) atoms. The molecule has 0 fully saturated rings. The summed E-state index contributed by atoms with van der Waals surface area (Å²) < 4.78 is 10.7. The molecule has 1 atom stereocenters. The molecule has 0 aromatic heterocycles. The smallest absolute Gasteiger partial charge is 0.334 e. The van der Waals surface area contributed by atoms with Crippen LogP contribution in [-0.4, -0.2) is 25.2 Å². The number of rotatable bonds is 4. The van der Waals surface area contributed by atoms with Gasteiger partial charge in [-0.2, -0.15) is 0 Å². The second-order valence-electron chi connectivity index (χ2n) is 8.45. The normalized spacial score (nSPS) is 19.4. The first-order valence-corrected chi connectivity index (χ1v) is 8.03. The first kappa shape index (κ1) is 18.7. The number of allylic oxidation sites excluding steroid dienone is 1. The van der Waals surface area contributed by atoms with E-state index in [0.29, 0.717) is 25.2 Å². The molecule has 1 aliphatic rings. The van der Waals surface area contributed by atoms with Gasteiger partial charge in [0.1, 0.15) is 0 Å². The molecule has 0 spiro atoms. The molecule has 0 saturated carbocycles. The van der Waals surface area contributed by atoms with Crippen molar-refractivity contribution >= 4 is 11.9 Å². The van der Waals surface area contributed by atoms with E-state index >= 15 is 0 Å². The summed E-state index contributed by atoms with van der Waals surface area (Å²) in [6, 6.07) is 0. The van der Waals surface area contributed by atoms with Crippen LogP contribution in [0.4, 0.5) is 0 Å². The van der Waals surface area contributed by atoms with Crippen molar-refractivity contribution in [1.29, 1.82) is 0 Å². The maximum Gasteiger partial charge on any atom is 0.334 e. The maximum absolute atomic E-state index is 12.3. The van der Waals surface area contributed by atoms with E-state index in [4.69, 9.17) is 9.47 Å². The number of carbonyl (C=O) groups is 2. The minimum Gasteiger partial charge on any atom is -0.465 e. The number of ether oxygens (including phenoxy) is 2. The van der Waals surface area contributed by atoms with Crippen LogP contribution in [0.25, 0.3) is 0 Å². The monoisotopic (exact) mass is 310 g/mol. The molecule has 0 saturated heterocycles. The van der Waals surface area contributed by atoms with E-state index in [0.717, 1.165) is 12.8 Å². The van der Waals surface area contributed by atoms with Gasteiger partial charge in [0.05, 0.1) is 19.1 Å². The predicted octanol–water partition coefficient (Wildman–Crippen LogP) is 3.89. The van der Waals surface area contributed by atoms with Crippen molar-refractivity contribution < 1.29 is 19.1 Å². The molecule has 1 rings (SSSR count). The van der Waals surface area contributed by atoms with Crippen molar-refractivity contribution in [1.82, 2.24) is 0 Å². The van der Waals surface area contributed by atoms with E-state index in [2.05, 4.69) is 0 Å². The van der Waals surface area contributed by atoms with Gasteiger partial charge >= 0.3 is 11.9 Å². The lowest BCUT2D eigenvalue weighted by atomic mass is 9.87. The number of hydrogen-bond donors (Lipinski definition) is 0. The summed E-state index contributed by atoms with van der Waals surface area (Å²) in [4.78, 5) is 24.6. The third-order valence-electron chi connectivity index (χ3n) is 3.24. The summed E-state index contributed by atoms with van der Waals surface area (Å²) in [6.45, 7) is 12.7. The van der Waals surface area contributed by atoms with Crippen molar-refractivity contribution in [2.45, 2.75) is 60.8 Å². The Hall–Kier alpha value is -1.32. The highest BCUT2D eigenvalue weighted by molar-refractivity contribution is 5.95. The Kier molecular flexibility index (Phi) is 6.21. The van der Waals surface area contributed by atoms with Gasteiger partial charge in [-0.05, 0) is 30.1 Å². The maximum atomic E-state index is 12.3. The van der Waals surface area contributed by atoms with Crippen LogP contribution in [0.3, 0.4) is 0 Å². The van der Waals surface area contributed by atoms with Crippen LogP contribution in [0.5, 0.6) is 0 Å². The van der Waals surface area contributed by atoms with Gasteiger partial charge in [0, 0.05) is 5.57 Å². The van der Waals surface area contributed by atoms with E-state index in [9.17, 15) is 9.59 Å². The molecule has 1 unspecified atom stereocenters. The first-order valence-electron chi connectivity index (χ1n) is 8.03. The highest BCUT2D eigenvalue weighted by atomic mass is 16.5. The molecule has 0 bridgehead atoms. The molecule has 126 valence electrons. The highest BCUT2D eigenvalue weighted by Gasteiger charge is 2.32. The fourth-order valence-corrected chi connectivity index (χ4v) is 2.10. The summed E-state index contributed by atoms with van der Waals surface area (Å²) in [6.07, 6.45) is 4.19. The average molecular weight is 310 g/mol. The lowest BCUT2D eigenvalue weighted by Crippen LogP contribution is -2.30. The molecule has 0 aromatic rings. The van der Waals surface area contributed by atoms with Gasteiger partial charge in [0.2, 0.25) is 0 Å². The van der Waals surface area contributed by atoms with Crippen LogP contribution in [0, 0.1) is 16.7 Å². The Morgan fingerprint density at radius 3 is 2.14 bits per heavy atom. The van der Waals surface area contributed by atoms with Gasteiger partial charge in [-0.25, -0.2) is 4.79 Å². The minimum atomic E-state index is -0.483. The van der Waals surface area contributed by atoms with Gasteiger partial charge in [-0.1, -0.05) is 47.6 Å². The summed E-state index contributed by atoms with van der Waals surface area (Å²) >= 11 is 0. The third-order valence-corrected chi connectivity index (χ3v) is 3.24. The van der Waals surface area contributed by atoms with Crippen LogP contribution in [-0.2, 0) is 19.1 Å². The SMILES string of the molecule is CC(C)(C)COC(=O)C1=CCCCC1C(=O)OCC(C)(C)C. The zero-order chi connectivity index (χ0) is 17.0. The number of hydrogen-bond acceptors (Lipinski definition) is 4. The van der Waals surface area contributed by atoms with Crippen molar-refractivity contribution in [3.63, 3.8) is 0 Å². The van der Waals surface area contributed by atoms with Crippen molar-refractivity contribution in [3.05, 3.63) is 11.6 Å². The van der Waals surface area contributed by atoms with Crippen LogP contribution < -0.4 is 0 Å². The second-order valence-corrected chi connectivity index (χ2v) is 8.45. The van der Waals surface area contributed by atoms with Crippen LogP contribution in [0.1, 0.15) is 60.8 Å². The van der Waals surface area contributed by atoms with Crippen LogP contribution in [0.2, 0.25) is 0 Å². The number of carbonyl (C=O) groups excluding carboxylic acids is 2. The van der Waals surface area contributed by atoms with E-state index in [1.54, 1.807) is 0 Å². The van der Waals surface area contributed by atoms with Gasteiger partial charge in [0.15, 0.2) is 0 Å². The van der Waals surface area contributed by atoms with E-state index < -0.39 is 5.92 Å². The topological polar surface area (TPSA) is 52.6 Å². The summed E-state index contributed by atoms with van der Waals surface area (Å²) in [5.41, 5.74) is 0.295. The molecule has 0 radical (unpaired) electrons. The van der Waals surface area contributed by atoms with Crippen molar-refractivity contribution in [3.8, 4) is 0 Å². The molecule has 0 aromatic carbocycles. The van der Waals surface area contributed by atoms with E-state index in [1.165, 1.54) is 0 Å². The third kappa shape index (κ3) is 6.63. The summed E-state index contributed by atoms with van der Waals surface area (Å²) in [5.74, 6) is -1.18. The fraction of sp³-hybridized carbons (Fsp3) is 0.778.